The van der Waals surface area contributed by atoms with E-state index in [1.54, 1.807) is 19.2 Å². The number of rotatable bonds is 8. The van der Waals surface area contributed by atoms with E-state index in [4.69, 9.17) is 4.74 Å². The zero-order valence-corrected chi connectivity index (χ0v) is 19.6. The summed E-state index contributed by atoms with van der Waals surface area (Å²) in [5.74, 6) is 0.371. The van der Waals surface area contributed by atoms with Gasteiger partial charge in [0.25, 0.3) is 5.91 Å². The molecular formula is C26H35N3O3. The molecule has 0 radical (unpaired) electrons. The lowest BCUT2D eigenvalue weighted by atomic mass is 9.87. The maximum absolute atomic E-state index is 12.5. The highest BCUT2D eigenvalue weighted by Gasteiger charge is 2.26. The predicted molar refractivity (Wildman–Crippen MR) is 127 cm³/mol. The molecule has 1 aliphatic heterocycles. The van der Waals surface area contributed by atoms with E-state index >= 15 is 0 Å². The third kappa shape index (κ3) is 6.10. The summed E-state index contributed by atoms with van der Waals surface area (Å²) in [6.45, 7) is 8.81. The Morgan fingerprint density at radius 1 is 1.00 bits per heavy atom. The number of methoxy groups -OCH3 is 1. The number of para-hydroxylation sites is 1. The Bertz CT molecular complexity index is 913. The van der Waals surface area contributed by atoms with Crippen LogP contribution in [0.25, 0.3) is 0 Å². The average molecular weight is 438 g/mol. The molecule has 2 amide bonds. The van der Waals surface area contributed by atoms with Crippen LogP contribution in [0.2, 0.25) is 0 Å². The Kier molecular flexibility index (Phi) is 7.91. The number of amides is 2. The van der Waals surface area contributed by atoms with Crippen LogP contribution in [-0.4, -0.2) is 50.0 Å². The highest BCUT2D eigenvalue weighted by Crippen LogP contribution is 2.31. The maximum Gasteiger partial charge on any atom is 0.251 e. The maximum atomic E-state index is 12.5. The van der Waals surface area contributed by atoms with Crippen LogP contribution in [0.15, 0.2) is 48.5 Å². The Morgan fingerprint density at radius 3 is 2.28 bits per heavy atom. The highest BCUT2D eigenvalue weighted by atomic mass is 16.5. The van der Waals surface area contributed by atoms with E-state index in [1.807, 2.05) is 30.3 Å². The minimum absolute atomic E-state index is 0.0300. The summed E-state index contributed by atoms with van der Waals surface area (Å²) in [5, 5.41) is 5.72. The second kappa shape index (κ2) is 10.6. The van der Waals surface area contributed by atoms with Crippen molar-refractivity contribution in [1.82, 2.24) is 15.5 Å². The third-order valence-electron chi connectivity index (χ3n) is 5.99. The Labute approximate surface area is 191 Å². The second-order valence-electron chi connectivity index (χ2n) is 9.31. The van der Waals surface area contributed by atoms with Crippen LogP contribution in [0.5, 0.6) is 5.75 Å². The number of likely N-dealkylation sites (tertiary alicyclic amines) is 1. The van der Waals surface area contributed by atoms with Crippen molar-refractivity contribution in [2.24, 2.45) is 0 Å². The van der Waals surface area contributed by atoms with Crippen LogP contribution < -0.4 is 15.4 Å². The van der Waals surface area contributed by atoms with Crippen molar-refractivity contribution in [2.45, 2.75) is 45.1 Å². The molecule has 0 saturated carbocycles. The molecule has 172 valence electrons. The van der Waals surface area contributed by atoms with Crippen molar-refractivity contribution < 1.29 is 14.3 Å². The number of hydrogen-bond acceptors (Lipinski definition) is 4. The fourth-order valence-corrected chi connectivity index (χ4v) is 4.09. The van der Waals surface area contributed by atoms with Crippen molar-refractivity contribution in [1.29, 1.82) is 0 Å². The fraction of sp³-hybridized carbons (Fsp3) is 0.462. The van der Waals surface area contributed by atoms with Gasteiger partial charge in [0.1, 0.15) is 5.75 Å². The number of nitrogens with one attached hydrogen (secondary N) is 2. The molecule has 1 heterocycles. The minimum atomic E-state index is -0.249. The molecule has 2 aromatic rings. The lowest BCUT2D eigenvalue weighted by Gasteiger charge is -2.29. The molecule has 0 aromatic heterocycles. The molecule has 0 bridgehead atoms. The van der Waals surface area contributed by atoms with E-state index in [-0.39, 0.29) is 29.8 Å². The smallest absolute Gasteiger partial charge is 0.251 e. The number of hydrogen-bond donors (Lipinski definition) is 2. The molecule has 0 aliphatic carbocycles. The van der Waals surface area contributed by atoms with Gasteiger partial charge in [-0.25, -0.2) is 0 Å². The van der Waals surface area contributed by atoms with E-state index in [9.17, 15) is 9.59 Å². The summed E-state index contributed by atoms with van der Waals surface area (Å²) in [6, 6.07) is 15.5. The van der Waals surface area contributed by atoms with Crippen LogP contribution in [0.4, 0.5) is 0 Å². The number of carbonyl (C=O) groups is 2. The molecule has 1 fully saturated rings. The number of nitrogens with zero attached hydrogens (tertiary/aromatic N) is 1. The first kappa shape index (κ1) is 23.8. The molecule has 3 rings (SSSR count). The van der Waals surface area contributed by atoms with Gasteiger partial charge in [0.05, 0.1) is 19.7 Å². The average Bonchev–Trinajstić information content (AvgIpc) is 3.32. The molecule has 2 N–H and O–H groups in total. The monoisotopic (exact) mass is 437 g/mol. The van der Waals surface area contributed by atoms with E-state index in [0.29, 0.717) is 12.1 Å². The van der Waals surface area contributed by atoms with Crippen LogP contribution in [-0.2, 0) is 10.2 Å². The van der Waals surface area contributed by atoms with Crippen LogP contribution >= 0.6 is 0 Å². The van der Waals surface area contributed by atoms with Gasteiger partial charge in [-0.3, -0.25) is 14.5 Å². The Morgan fingerprint density at radius 2 is 1.66 bits per heavy atom. The van der Waals surface area contributed by atoms with Crippen molar-refractivity contribution in [3.63, 3.8) is 0 Å². The summed E-state index contributed by atoms with van der Waals surface area (Å²) in [5.41, 5.74) is 2.81. The molecule has 1 aliphatic rings. The standard InChI is InChI=1S/C26H35N3O3/c1-26(2,3)20-13-11-19(12-14-20)25(31)28-18-24(30)27-17-22(29-15-7-8-16-29)21-9-5-6-10-23(21)32-4/h5-6,9-14,22H,7-8,15-18H2,1-4H3,(H,27,30)(H,28,31). The molecule has 32 heavy (non-hydrogen) atoms. The van der Waals surface area contributed by atoms with Crippen molar-refractivity contribution in [3.05, 3.63) is 65.2 Å². The largest absolute Gasteiger partial charge is 0.496 e. The summed E-state index contributed by atoms with van der Waals surface area (Å²) >= 11 is 0. The van der Waals surface area contributed by atoms with Crippen molar-refractivity contribution in [3.8, 4) is 5.75 Å². The molecule has 2 aromatic carbocycles. The highest BCUT2D eigenvalue weighted by molar-refractivity contribution is 5.96. The Hall–Kier alpha value is -2.86. The molecule has 6 nitrogen and oxygen atoms in total. The lowest BCUT2D eigenvalue weighted by Crippen LogP contribution is -2.41. The van der Waals surface area contributed by atoms with Gasteiger partial charge in [-0.1, -0.05) is 51.1 Å². The van der Waals surface area contributed by atoms with Gasteiger partial charge in [0, 0.05) is 17.7 Å². The first-order valence-corrected chi connectivity index (χ1v) is 11.3. The zero-order valence-electron chi connectivity index (χ0n) is 19.6. The summed E-state index contributed by atoms with van der Waals surface area (Å²) in [7, 11) is 1.67. The first-order chi connectivity index (χ1) is 15.3. The predicted octanol–water partition coefficient (Wildman–Crippen LogP) is 3.68. The van der Waals surface area contributed by atoms with Gasteiger partial charge in [0.2, 0.25) is 5.91 Å². The molecule has 1 saturated heterocycles. The van der Waals surface area contributed by atoms with E-state index in [2.05, 4.69) is 42.4 Å². The van der Waals surface area contributed by atoms with Gasteiger partial charge in [-0.15, -0.1) is 0 Å². The van der Waals surface area contributed by atoms with E-state index in [0.717, 1.165) is 42.8 Å². The minimum Gasteiger partial charge on any atom is -0.496 e. The first-order valence-electron chi connectivity index (χ1n) is 11.3. The van der Waals surface area contributed by atoms with E-state index in [1.165, 1.54) is 0 Å². The van der Waals surface area contributed by atoms with Gasteiger partial charge >= 0.3 is 0 Å². The van der Waals surface area contributed by atoms with Crippen LogP contribution in [0.3, 0.4) is 0 Å². The topological polar surface area (TPSA) is 70.7 Å². The normalized spacial score (nSPS) is 15.2. The molecule has 6 heteroatoms. The lowest BCUT2D eigenvalue weighted by molar-refractivity contribution is -0.120. The molecular weight excluding hydrogens is 402 g/mol. The van der Waals surface area contributed by atoms with Crippen LogP contribution in [0, 0.1) is 0 Å². The zero-order chi connectivity index (χ0) is 23.1. The number of ether oxygens (including phenoxy) is 1. The van der Waals surface area contributed by atoms with Gasteiger partial charge in [-0.05, 0) is 55.1 Å². The van der Waals surface area contributed by atoms with Crippen molar-refractivity contribution >= 4 is 11.8 Å². The third-order valence-corrected chi connectivity index (χ3v) is 5.99. The summed E-state index contributed by atoms with van der Waals surface area (Å²) in [6.07, 6.45) is 2.31. The second-order valence-corrected chi connectivity index (χ2v) is 9.31. The van der Waals surface area contributed by atoms with Crippen LogP contribution in [0.1, 0.15) is 61.1 Å². The van der Waals surface area contributed by atoms with Gasteiger partial charge in [0.15, 0.2) is 0 Å². The molecule has 1 unspecified atom stereocenters. The molecule has 1 atom stereocenters. The number of carbonyl (C=O) groups excluding carboxylic acids is 2. The summed E-state index contributed by atoms with van der Waals surface area (Å²) in [4.78, 5) is 27.3. The van der Waals surface area contributed by atoms with E-state index < -0.39 is 0 Å². The van der Waals surface area contributed by atoms with Gasteiger partial charge in [-0.2, -0.15) is 0 Å². The SMILES string of the molecule is COc1ccccc1C(CNC(=O)CNC(=O)c1ccc(C(C)(C)C)cc1)N1CCCC1. The number of benzene rings is 2. The Balaban J connectivity index is 1.56. The van der Waals surface area contributed by atoms with Crippen molar-refractivity contribution in [2.75, 3.05) is 33.3 Å². The summed E-state index contributed by atoms with van der Waals surface area (Å²) < 4.78 is 5.55. The molecule has 0 spiro atoms. The fourth-order valence-electron chi connectivity index (χ4n) is 4.09. The van der Waals surface area contributed by atoms with Gasteiger partial charge < -0.3 is 15.4 Å². The quantitative estimate of drug-likeness (QED) is 0.661.